The second-order valence-electron chi connectivity index (χ2n) is 10.8. The van der Waals surface area contributed by atoms with Gasteiger partial charge in [0.2, 0.25) is 0 Å². The van der Waals surface area contributed by atoms with E-state index in [4.69, 9.17) is 18.9 Å². The van der Waals surface area contributed by atoms with E-state index in [0.717, 1.165) is 11.8 Å². The summed E-state index contributed by atoms with van der Waals surface area (Å²) in [5.41, 5.74) is 1.89. The quantitative estimate of drug-likeness (QED) is 0.193. The zero-order chi connectivity index (χ0) is 31.9. The summed E-state index contributed by atoms with van der Waals surface area (Å²) in [6, 6.07) is 17.2. The maximum Gasteiger partial charge on any atom is 0.341 e. The number of aromatic hydroxyl groups is 1. The lowest BCUT2D eigenvalue weighted by atomic mass is 10.0. The van der Waals surface area contributed by atoms with Gasteiger partial charge in [0.05, 0.1) is 39.6 Å². The summed E-state index contributed by atoms with van der Waals surface area (Å²) in [5.74, 6) is -0.692. The van der Waals surface area contributed by atoms with E-state index >= 15 is 0 Å². The van der Waals surface area contributed by atoms with Crippen LogP contribution >= 0.6 is 0 Å². The van der Waals surface area contributed by atoms with Crippen LogP contribution in [0.5, 0.6) is 17.2 Å². The van der Waals surface area contributed by atoms with E-state index in [1.807, 2.05) is 42.2 Å². The monoisotopic (exact) mass is 625 g/mol. The van der Waals surface area contributed by atoms with E-state index in [1.165, 1.54) is 32.4 Å². The molecule has 1 aliphatic rings. The first kappa shape index (κ1) is 33.0. The standard InChI is InChI=1S/C33H39NO9S/c1-5-15-42-32-30(40-2)17-24(18-31(32)44(4,38)39)29-14-12-25(43-29)20-34(19-22-9-7-6-8-10-22)21-28(36)23-11-13-27(35)26(16-23)33(37)41-3/h6-11,13,16-18,25,29,35H,5,12,14-15,19-21H2,1-4H3. The molecule has 0 saturated carbocycles. The Bertz CT molecular complexity index is 1570. The first-order valence-electron chi connectivity index (χ1n) is 14.4. The van der Waals surface area contributed by atoms with Gasteiger partial charge in [0.15, 0.2) is 27.1 Å². The summed E-state index contributed by atoms with van der Waals surface area (Å²) >= 11 is 0. The number of hydrogen-bond acceptors (Lipinski definition) is 10. The normalized spacial score (nSPS) is 16.6. The molecule has 0 spiro atoms. The van der Waals surface area contributed by atoms with Crippen LogP contribution in [0, 0.1) is 0 Å². The van der Waals surface area contributed by atoms with Gasteiger partial charge >= 0.3 is 5.97 Å². The first-order valence-corrected chi connectivity index (χ1v) is 16.3. The fraction of sp³-hybridized carbons (Fsp3) is 0.394. The van der Waals surface area contributed by atoms with Gasteiger partial charge in [-0.15, -0.1) is 0 Å². The first-order chi connectivity index (χ1) is 21.0. The lowest BCUT2D eigenvalue weighted by Gasteiger charge is -2.25. The Balaban J connectivity index is 1.55. The fourth-order valence-electron chi connectivity index (χ4n) is 5.23. The number of esters is 1. The molecule has 1 N–H and O–H groups in total. The maximum absolute atomic E-state index is 13.4. The Labute approximate surface area is 258 Å². The molecule has 3 aromatic rings. The van der Waals surface area contributed by atoms with Crippen molar-refractivity contribution in [1.82, 2.24) is 4.90 Å². The molecule has 0 amide bonds. The van der Waals surface area contributed by atoms with Gasteiger partial charge in [-0.1, -0.05) is 37.3 Å². The summed E-state index contributed by atoms with van der Waals surface area (Å²) in [6.07, 6.45) is 2.60. The van der Waals surface area contributed by atoms with E-state index in [1.54, 1.807) is 12.1 Å². The third-order valence-electron chi connectivity index (χ3n) is 7.39. The smallest absolute Gasteiger partial charge is 0.341 e. The van der Waals surface area contributed by atoms with Gasteiger partial charge in [0.25, 0.3) is 0 Å². The van der Waals surface area contributed by atoms with Gasteiger partial charge in [-0.05, 0) is 60.7 Å². The largest absolute Gasteiger partial charge is 0.507 e. The highest BCUT2D eigenvalue weighted by Crippen LogP contribution is 2.41. The molecule has 0 aliphatic carbocycles. The van der Waals surface area contributed by atoms with Crippen molar-refractivity contribution in [3.05, 3.63) is 82.9 Å². The Morgan fingerprint density at radius 1 is 1.05 bits per heavy atom. The molecule has 3 aromatic carbocycles. The molecular formula is C33H39NO9S. The highest BCUT2D eigenvalue weighted by molar-refractivity contribution is 7.90. The van der Waals surface area contributed by atoms with Crippen LogP contribution in [0.2, 0.25) is 0 Å². The number of ether oxygens (including phenoxy) is 4. The van der Waals surface area contributed by atoms with Gasteiger partial charge in [-0.25, -0.2) is 13.2 Å². The van der Waals surface area contributed by atoms with E-state index in [9.17, 15) is 23.1 Å². The van der Waals surface area contributed by atoms with Crippen molar-refractivity contribution in [3.63, 3.8) is 0 Å². The predicted octanol–water partition coefficient (Wildman–Crippen LogP) is 4.98. The number of phenolic OH excluding ortho intramolecular Hbond substituents is 1. The minimum Gasteiger partial charge on any atom is -0.507 e. The third kappa shape index (κ3) is 8.16. The topological polar surface area (TPSA) is 129 Å². The average molecular weight is 626 g/mol. The number of ketones is 1. The highest BCUT2D eigenvalue weighted by Gasteiger charge is 2.31. The number of phenols is 1. The Morgan fingerprint density at radius 3 is 2.45 bits per heavy atom. The van der Waals surface area contributed by atoms with E-state index in [0.29, 0.717) is 50.3 Å². The second-order valence-corrected chi connectivity index (χ2v) is 12.8. The lowest BCUT2D eigenvalue weighted by Crippen LogP contribution is -2.36. The molecule has 1 heterocycles. The van der Waals surface area contributed by atoms with Crippen LogP contribution in [-0.4, -0.2) is 76.5 Å². The van der Waals surface area contributed by atoms with E-state index in [2.05, 4.69) is 0 Å². The number of carbonyl (C=O) groups excluding carboxylic acids is 2. The zero-order valence-electron chi connectivity index (χ0n) is 25.4. The van der Waals surface area contributed by atoms with E-state index in [-0.39, 0.29) is 52.1 Å². The molecule has 11 heteroatoms. The van der Waals surface area contributed by atoms with Gasteiger partial charge in [0, 0.05) is 24.9 Å². The molecule has 1 fully saturated rings. The third-order valence-corrected chi connectivity index (χ3v) is 8.50. The van der Waals surface area contributed by atoms with Crippen LogP contribution in [-0.2, 0) is 25.9 Å². The SMILES string of the molecule is CCCOc1c(OC)cc(C2CCC(CN(CC(=O)c3ccc(O)c(C(=O)OC)c3)Cc3ccccc3)O2)cc1S(C)(=O)=O. The molecule has 0 bridgehead atoms. The Hall–Kier alpha value is -3.93. The molecule has 0 radical (unpaired) electrons. The molecule has 0 aromatic heterocycles. The molecule has 2 unspecified atom stereocenters. The van der Waals surface area contributed by atoms with Crippen molar-refractivity contribution in [1.29, 1.82) is 0 Å². The average Bonchev–Trinajstić information content (AvgIpc) is 3.47. The van der Waals surface area contributed by atoms with Crippen molar-refractivity contribution < 1.29 is 42.1 Å². The van der Waals surface area contributed by atoms with Crippen molar-refractivity contribution in [2.24, 2.45) is 0 Å². The van der Waals surface area contributed by atoms with Crippen LogP contribution in [0.1, 0.15) is 64.1 Å². The number of rotatable bonds is 14. The summed E-state index contributed by atoms with van der Waals surface area (Å²) in [4.78, 5) is 27.5. The molecule has 236 valence electrons. The van der Waals surface area contributed by atoms with Crippen molar-refractivity contribution in [2.45, 2.75) is 49.8 Å². The van der Waals surface area contributed by atoms with Gasteiger partial charge < -0.3 is 24.1 Å². The van der Waals surface area contributed by atoms with Crippen LogP contribution < -0.4 is 9.47 Å². The number of methoxy groups -OCH3 is 2. The molecule has 2 atom stereocenters. The second kappa shape index (κ2) is 14.7. The maximum atomic E-state index is 13.4. The Kier molecular flexibility index (Phi) is 11.0. The molecule has 44 heavy (non-hydrogen) atoms. The van der Waals surface area contributed by atoms with Gasteiger partial charge in [-0.3, -0.25) is 9.69 Å². The number of Topliss-reactive ketones (excluding diaryl/α,β-unsaturated/α-hetero) is 1. The zero-order valence-corrected chi connectivity index (χ0v) is 26.3. The molecule has 4 rings (SSSR count). The molecule has 10 nitrogen and oxygen atoms in total. The fourth-order valence-corrected chi connectivity index (χ4v) is 6.08. The minimum atomic E-state index is -3.62. The highest BCUT2D eigenvalue weighted by atomic mass is 32.2. The van der Waals surface area contributed by atoms with Crippen LogP contribution in [0.3, 0.4) is 0 Å². The Morgan fingerprint density at radius 2 is 1.80 bits per heavy atom. The molecular weight excluding hydrogens is 586 g/mol. The molecule has 1 saturated heterocycles. The number of sulfone groups is 1. The van der Waals surface area contributed by atoms with Crippen LogP contribution in [0.25, 0.3) is 0 Å². The van der Waals surface area contributed by atoms with Gasteiger partial charge in [-0.2, -0.15) is 0 Å². The van der Waals surface area contributed by atoms with Gasteiger partial charge in [0.1, 0.15) is 16.2 Å². The summed E-state index contributed by atoms with van der Waals surface area (Å²) in [5, 5.41) is 10.1. The molecule has 1 aliphatic heterocycles. The number of nitrogens with zero attached hydrogens (tertiary/aromatic N) is 1. The van der Waals surface area contributed by atoms with Crippen LogP contribution in [0.4, 0.5) is 0 Å². The number of carbonyl (C=O) groups is 2. The number of benzene rings is 3. The lowest BCUT2D eigenvalue weighted by molar-refractivity contribution is 0.0207. The summed E-state index contributed by atoms with van der Waals surface area (Å²) in [6.45, 7) is 3.25. The number of hydrogen-bond donors (Lipinski definition) is 1. The predicted molar refractivity (Wildman–Crippen MR) is 164 cm³/mol. The summed E-state index contributed by atoms with van der Waals surface area (Å²) in [7, 11) is -0.936. The van der Waals surface area contributed by atoms with Crippen molar-refractivity contribution >= 4 is 21.6 Å². The van der Waals surface area contributed by atoms with Crippen molar-refractivity contribution in [3.8, 4) is 17.2 Å². The van der Waals surface area contributed by atoms with Crippen molar-refractivity contribution in [2.75, 3.05) is 40.2 Å². The minimum absolute atomic E-state index is 0.0420. The van der Waals surface area contributed by atoms with E-state index < -0.39 is 15.8 Å². The summed E-state index contributed by atoms with van der Waals surface area (Å²) < 4.78 is 47.8. The van der Waals surface area contributed by atoms with Crippen LogP contribution in [0.15, 0.2) is 65.6 Å².